The molecule has 3 aromatic heterocycles. The van der Waals surface area contributed by atoms with Crippen LogP contribution < -0.4 is 10.2 Å². The van der Waals surface area contributed by atoms with E-state index in [1.807, 2.05) is 55.0 Å². The van der Waals surface area contributed by atoms with E-state index in [-0.39, 0.29) is 12.1 Å². The van der Waals surface area contributed by atoms with E-state index in [9.17, 15) is 0 Å². The molecule has 0 bridgehead atoms. The van der Waals surface area contributed by atoms with Crippen LogP contribution in [-0.2, 0) is 0 Å². The topological polar surface area (TPSA) is 46.0 Å². The fraction of sp³-hybridized carbons (Fsp3) is 0.160. The Labute approximate surface area is 187 Å². The smallest absolute Gasteiger partial charge is 0.174 e. The molecule has 1 aromatic carbocycles. The van der Waals surface area contributed by atoms with E-state index in [1.54, 1.807) is 0 Å². The molecule has 2 atom stereocenters. The summed E-state index contributed by atoms with van der Waals surface area (Å²) in [6.45, 7) is 4.26. The van der Waals surface area contributed by atoms with Gasteiger partial charge < -0.3 is 14.8 Å². The number of pyridine rings is 2. The van der Waals surface area contributed by atoms with Crippen molar-refractivity contribution in [2.75, 3.05) is 4.90 Å². The minimum absolute atomic E-state index is 0.0819. The molecular formula is C25H23N5S. The van der Waals surface area contributed by atoms with Gasteiger partial charge in [-0.25, -0.2) is 4.98 Å². The Bertz CT molecular complexity index is 1220. The maximum atomic E-state index is 5.85. The molecule has 154 valence electrons. The van der Waals surface area contributed by atoms with Gasteiger partial charge in [-0.3, -0.25) is 4.98 Å². The molecule has 0 amide bonds. The normalized spacial score (nSPS) is 18.3. The molecule has 6 heteroatoms. The Morgan fingerprint density at radius 2 is 1.68 bits per heavy atom. The summed E-state index contributed by atoms with van der Waals surface area (Å²) in [6.07, 6.45) is 5.69. The molecule has 1 aliphatic heterocycles. The summed E-state index contributed by atoms with van der Waals surface area (Å²) in [5.74, 6) is 0.875. The molecule has 5 rings (SSSR count). The standard InChI is InChI=1S/C25H23N5S/c1-17-11-12-19(16-18(17)2)30-24(23(28-25(30)31)20-8-3-5-13-26-20)21-9-7-15-29(21)22-10-4-6-14-27-22/h3-16,23-24H,1-2H3,(H,28,31). The minimum atomic E-state index is -0.0901. The van der Waals surface area contributed by atoms with Crippen LogP contribution in [0.25, 0.3) is 5.82 Å². The molecule has 2 unspecified atom stereocenters. The van der Waals surface area contributed by atoms with Gasteiger partial charge in [-0.2, -0.15) is 0 Å². The van der Waals surface area contributed by atoms with E-state index in [0.717, 1.165) is 22.9 Å². The van der Waals surface area contributed by atoms with Crippen molar-refractivity contribution in [3.05, 3.63) is 108 Å². The predicted molar refractivity (Wildman–Crippen MR) is 127 cm³/mol. The SMILES string of the molecule is Cc1ccc(N2C(=S)NC(c3ccccn3)C2c2cccn2-c2ccccn2)cc1C. The highest BCUT2D eigenvalue weighted by Crippen LogP contribution is 2.42. The monoisotopic (exact) mass is 425 g/mol. The predicted octanol–water partition coefficient (Wildman–Crippen LogP) is 5.06. The fourth-order valence-corrected chi connectivity index (χ4v) is 4.49. The zero-order valence-corrected chi connectivity index (χ0v) is 18.3. The van der Waals surface area contributed by atoms with Gasteiger partial charge in [0.2, 0.25) is 0 Å². The fourth-order valence-electron chi connectivity index (χ4n) is 4.15. The number of aryl methyl sites for hydroxylation is 2. The second-order valence-corrected chi connectivity index (χ2v) is 8.14. The van der Waals surface area contributed by atoms with Crippen LogP contribution in [-0.4, -0.2) is 19.6 Å². The summed E-state index contributed by atoms with van der Waals surface area (Å²) in [5, 5.41) is 4.22. The lowest BCUT2D eigenvalue weighted by Gasteiger charge is -2.29. The molecule has 1 fully saturated rings. The molecule has 4 heterocycles. The molecule has 1 aliphatic rings. The molecule has 0 saturated carbocycles. The Balaban J connectivity index is 1.68. The molecule has 5 nitrogen and oxygen atoms in total. The van der Waals surface area contributed by atoms with Crippen molar-refractivity contribution in [1.82, 2.24) is 19.9 Å². The van der Waals surface area contributed by atoms with E-state index >= 15 is 0 Å². The third-order valence-electron chi connectivity index (χ3n) is 5.85. The average Bonchev–Trinajstić information content (AvgIpc) is 3.41. The first-order valence-corrected chi connectivity index (χ1v) is 10.7. The van der Waals surface area contributed by atoms with Crippen LogP contribution in [0.2, 0.25) is 0 Å². The molecule has 31 heavy (non-hydrogen) atoms. The lowest BCUT2D eigenvalue weighted by molar-refractivity contribution is 0.548. The van der Waals surface area contributed by atoms with Gasteiger partial charge in [0.1, 0.15) is 11.9 Å². The number of hydrogen-bond acceptors (Lipinski definition) is 3. The second kappa shape index (κ2) is 7.96. The van der Waals surface area contributed by atoms with Crippen LogP contribution in [0.15, 0.2) is 85.3 Å². The van der Waals surface area contributed by atoms with E-state index in [4.69, 9.17) is 12.2 Å². The average molecular weight is 426 g/mol. The van der Waals surface area contributed by atoms with E-state index in [0.29, 0.717) is 5.11 Å². The number of hydrogen-bond donors (Lipinski definition) is 1. The molecule has 4 aromatic rings. The molecule has 0 radical (unpaired) electrons. The van der Waals surface area contributed by atoms with Crippen molar-refractivity contribution in [1.29, 1.82) is 0 Å². The summed E-state index contributed by atoms with van der Waals surface area (Å²) >= 11 is 5.85. The maximum Gasteiger partial charge on any atom is 0.174 e. The van der Waals surface area contributed by atoms with E-state index in [1.165, 1.54) is 11.1 Å². The van der Waals surface area contributed by atoms with Crippen LogP contribution in [0.3, 0.4) is 0 Å². The van der Waals surface area contributed by atoms with Gasteiger partial charge in [0.15, 0.2) is 5.11 Å². The van der Waals surface area contributed by atoms with E-state index < -0.39 is 0 Å². The van der Waals surface area contributed by atoms with Crippen LogP contribution >= 0.6 is 12.2 Å². The first kappa shape index (κ1) is 19.5. The van der Waals surface area contributed by atoms with Crippen LogP contribution in [0.1, 0.15) is 34.6 Å². The van der Waals surface area contributed by atoms with Crippen LogP contribution in [0, 0.1) is 13.8 Å². The lowest BCUT2D eigenvalue weighted by atomic mass is 10.00. The van der Waals surface area contributed by atoms with Crippen molar-refractivity contribution in [3.63, 3.8) is 0 Å². The van der Waals surface area contributed by atoms with Crippen molar-refractivity contribution in [3.8, 4) is 5.82 Å². The minimum Gasteiger partial charge on any atom is -0.351 e. The molecule has 1 N–H and O–H groups in total. The third-order valence-corrected chi connectivity index (χ3v) is 6.16. The van der Waals surface area contributed by atoms with Crippen molar-refractivity contribution in [2.24, 2.45) is 0 Å². The van der Waals surface area contributed by atoms with E-state index in [2.05, 4.69) is 68.9 Å². The largest absolute Gasteiger partial charge is 0.351 e. The number of nitrogens with zero attached hydrogens (tertiary/aromatic N) is 4. The van der Waals surface area contributed by atoms with Gasteiger partial charge >= 0.3 is 0 Å². The van der Waals surface area contributed by atoms with Gasteiger partial charge in [0.05, 0.1) is 11.7 Å². The number of rotatable bonds is 4. The lowest BCUT2D eigenvalue weighted by Crippen LogP contribution is -2.30. The maximum absolute atomic E-state index is 5.85. The van der Waals surface area contributed by atoms with Gasteiger partial charge in [-0.1, -0.05) is 18.2 Å². The Hall–Kier alpha value is -3.51. The summed E-state index contributed by atoms with van der Waals surface area (Å²) in [6, 6.07) is 22.4. The summed E-state index contributed by atoms with van der Waals surface area (Å²) in [4.78, 5) is 11.4. The first-order valence-electron chi connectivity index (χ1n) is 10.3. The summed E-state index contributed by atoms with van der Waals surface area (Å²) in [5.41, 5.74) is 5.62. The molecular weight excluding hydrogens is 402 g/mol. The number of aromatic nitrogens is 3. The Morgan fingerprint density at radius 3 is 2.39 bits per heavy atom. The molecule has 1 saturated heterocycles. The zero-order valence-electron chi connectivity index (χ0n) is 17.4. The number of anilines is 1. The van der Waals surface area contributed by atoms with Crippen LogP contribution in [0.4, 0.5) is 5.69 Å². The number of nitrogens with one attached hydrogen (secondary N) is 1. The molecule has 0 spiro atoms. The van der Waals surface area contributed by atoms with Gasteiger partial charge in [0.25, 0.3) is 0 Å². The van der Waals surface area contributed by atoms with Crippen LogP contribution in [0.5, 0.6) is 0 Å². The van der Waals surface area contributed by atoms with Gasteiger partial charge in [0, 0.05) is 30.0 Å². The number of benzene rings is 1. The highest BCUT2D eigenvalue weighted by atomic mass is 32.1. The molecule has 0 aliphatic carbocycles. The van der Waals surface area contributed by atoms with Gasteiger partial charge in [-0.05, 0) is 85.7 Å². The summed E-state index contributed by atoms with van der Waals surface area (Å²) in [7, 11) is 0. The third kappa shape index (κ3) is 3.49. The Kier molecular flexibility index (Phi) is 5.00. The Morgan fingerprint density at radius 1 is 0.871 bits per heavy atom. The number of thiocarbonyl (C=S) groups is 1. The van der Waals surface area contributed by atoms with Crippen molar-refractivity contribution < 1.29 is 0 Å². The second-order valence-electron chi connectivity index (χ2n) is 7.76. The highest BCUT2D eigenvalue weighted by molar-refractivity contribution is 7.80. The van der Waals surface area contributed by atoms with Crippen molar-refractivity contribution >= 4 is 23.0 Å². The first-order chi connectivity index (χ1) is 15.1. The zero-order chi connectivity index (χ0) is 21.4. The summed E-state index contributed by atoms with van der Waals surface area (Å²) < 4.78 is 2.13. The highest BCUT2D eigenvalue weighted by Gasteiger charge is 2.42. The van der Waals surface area contributed by atoms with Gasteiger partial charge in [-0.15, -0.1) is 0 Å². The van der Waals surface area contributed by atoms with Crippen molar-refractivity contribution in [2.45, 2.75) is 25.9 Å². The quantitative estimate of drug-likeness (QED) is 0.463.